The molecule has 1 aliphatic carbocycles. The normalized spacial score (nSPS) is 19.2. The Balaban J connectivity index is 1.56. The first-order valence-electron chi connectivity index (χ1n) is 12.5. The number of aromatic nitrogens is 2. The Morgan fingerprint density at radius 2 is 1.47 bits per heavy atom. The van der Waals surface area contributed by atoms with E-state index in [1.165, 1.54) is 16.7 Å². The summed E-state index contributed by atoms with van der Waals surface area (Å²) >= 11 is 0. The molecule has 2 amide bonds. The number of aryl methyl sites for hydroxylation is 3. The molecule has 6 heteroatoms. The Kier molecular flexibility index (Phi) is 6.54. The van der Waals surface area contributed by atoms with Gasteiger partial charge in [0.2, 0.25) is 5.91 Å². The third kappa shape index (κ3) is 4.47. The van der Waals surface area contributed by atoms with Crippen molar-refractivity contribution in [2.45, 2.75) is 77.0 Å². The van der Waals surface area contributed by atoms with Crippen LogP contribution in [0.2, 0.25) is 0 Å². The topological polar surface area (TPSA) is 66.4 Å². The molecule has 1 aliphatic heterocycles. The van der Waals surface area contributed by atoms with Gasteiger partial charge in [0.1, 0.15) is 11.5 Å². The van der Waals surface area contributed by atoms with Gasteiger partial charge in [-0.1, -0.05) is 49.1 Å². The van der Waals surface area contributed by atoms with Gasteiger partial charge in [-0.05, 0) is 58.1 Å². The lowest BCUT2D eigenvalue weighted by molar-refractivity contribution is -0.139. The number of amides is 2. The van der Waals surface area contributed by atoms with E-state index in [2.05, 4.69) is 48.9 Å². The molecule has 0 unspecified atom stereocenters. The number of nitrogens with zero attached hydrogens (tertiary/aromatic N) is 4. The standard InChI is InChI=1S/C28H38N4O2/c1-19-15-20(2)17-22(16-19)28(9-7-8-10-28)26(34)32-13-11-27(4,12-14-32)25-29-21(3)18-23(30-25)24(33)31(5)6/h15-18H,7-14H2,1-6H3. The molecule has 1 saturated carbocycles. The maximum atomic E-state index is 14.0. The van der Waals surface area contributed by atoms with Crippen LogP contribution in [-0.2, 0) is 15.6 Å². The maximum absolute atomic E-state index is 14.0. The monoisotopic (exact) mass is 462 g/mol. The van der Waals surface area contributed by atoms with E-state index in [0.29, 0.717) is 18.8 Å². The quantitative estimate of drug-likeness (QED) is 0.671. The Hall–Kier alpha value is -2.76. The third-order valence-corrected chi connectivity index (χ3v) is 7.81. The molecule has 2 fully saturated rings. The van der Waals surface area contributed by atoms with E-state index in [1.807, 2.05) is 6.92 Å². The molecule has 6 nitrogen and oxygen atoms in total. The second kappa shape index (κ2) is 9.12. The number of piperidine rings is 1. The molecule has 4 rings (SSSR count). The van der Waals surface area contributed by atoms with Gasteiger partial charge in [-0.2, -0.15) is 0 Å². The van der Waals surface area contributed by atoms with Gasteiger partial charge in [0.05, 0.1) is 5.41 Å². The first-order chi connectivity index (χ1) is 16.0. The highest BCUT2D eigenvalue weighted by Gasteiger charge is 2.47. The number of likely N-dealkylation sites (tertiary alicyclic amines) is 1. The smallest absolute Gasteiger partial charge is 0.272 e. The van der Waals surface area contributed by atoms with Gasteiger partial charge in [0, 0.05) is 38.3 Å². The molecule has 2 heterocycles. The van der Waals surface area contributed by atoms with Crippen molar-refractivity contribution < 1.29 is 9.59 Å². The van der Waals surface area contributed by atoms with Crippen molar-refractivity contribution in [2.75, 3.05) is 27.2 Å². The zero-order valence-electron chi connectivity index (χ0n) is 21.6. The highest BCUT2D eigenvalue weighted by molar-refractivity contribution is 5.92. The average molecular weight is 463 g/mol. The molecule has 0 atom stereocenters. The number of rotatable bonds is 4. The lowest BCUT2D eigenvalue weighted by Crippen LogP contribution is -2.51. The molecule has 0 bridgehead atoms. The van der Waals surface area contributed by atoms with Crippen molar-refractivity contribution in [3.63, 3.8) is 0 Å². The van der Waals surface area contributed by atoms with E-state index >= 15 is 0 Å². The van der Waals surface area contributed by atoms with Crippen LogP contribution in [0.15, 0.2) is 24.3 Å². The summed E-state index contributed by atoms with van der Waals surface area (Å²) < 4.78 is 0. The minimum atomic E-state index is -0.393. The molecule has 0 N–H and O–H groups in total. The van der Waals surface area contributed by atoms with Crippen molar-refractivity contribution >= 4 is 11.8 Å². The van der Waals surface area contributed by atoms with Crippen LogP contribution in [0.1, 0.15) is 84.1 Å². The van der Waals surface area contributed by atoms with Gasteiger partial charge in [-0.15, -0.1) is 0 Å². The van der Waals surface area contributed by atoms with Crippen LogP contribution in [0.25, 0.3) is 0 Å². The summed E-state index contributed by atoms with van der Waals surface area (Å²) in [6, 6.07) is 8.37. The van der Waals surface area contributed by atoms with Crippen LogP contribution >= 0.6 is 0 Å². The van der Waals surface area contributed by atoms with E-state index < -0.39 is 5.41 Å². The molecular formula is C28H38N4O2. The van der Waals surface area contributed by atoms with Gasteiger partial charge < -0.3 is 9.80 Å². The van der Waals surface area contributed by atoms with Crippen LogP contribution in [0, 0.1) is 20.8 Å². The average Bonchev–Trinajstić information content (AvgIpc) is 3.29. The Bertz CT molecular complexity index is 1070. The lowest BCUT2D eigenvalue weighted by atomic mass is 9.74. The van der Waals surface area contributed by atoms with E-state index in [-0.39, 0.29) is 17.2 Å². The highest BCUT2D eigenvalue weighted by atomic mass is 16.2. The van der Waals surface area contributed by atoms with Gasteiger partial charge in [0.15, 0.2) is 0 Å². The van der Waals surface area contributed by atoms with Gasteiger partial charge in [-0.3, -0.25) is 9.59 Å². The molecule has 34 heavy (non-hydrogen) atoms. The summed E-state index contributed by atoms with van der Waals surface area (Å²) in [6.45, 7) is 9.70. The lowest BCUT2D eigenvalue weighted by Gasteiger charge is -2.42. The second-order valence-corrected chi connectivity index (χ2v) is 10.9. The summed E-state index contributed by atoms with van der Waals surface area (Å²) in [7, 11) is 3.47. The second-order valence-electron chi connectivity index (χ2n) is 10.9. The first kappa shape index (κ1) is 24.4. The molecule has 1 saturated heterocycles. The van der Waals surface area contributed by atoms with Crippen molar-refractivity contribution in [3.05, 3.63) is 58.2 Å². The molecular weight excluding hydrogens is 424 g/mol. The zero-order valence-corrected chi connectivity index (χ0v) is 21.6. The molecule has 182 valence electrons. The maximum Gasteiger partial charge on any atom is 0.272 e. The Morgan fingerprint density at radius 3 is 2.03 bits per heavy atom. The van der Waals surface area contributed by atoms with Crippen LogP contribution in [0.4, 0.5) is 0 Å². The largest absolute Gasteiger partial charge is 0.343 e. The summed E-state index contributed by atoms with van der Waals surface area (Å²) in [6.07, 6.45) is 5.65. The summed E-state index contributed by atoms with van der Waals surface area (Å²) in [4.78, 5) is 39.5. The predicted molar refractivity (Wildman–Crippen MR) is 134 cm³/mol. The summed E-state index contributed by atoms with van der Waals surface area (Å²) in [5.41, 5.74) is 4.22. The van der Waals surface area contributed by atoms with Crippen LogP contribution in [0.5, 0.6) is 0 Å². The van der Waals surface area contributed by atoms with Crippen molar-refractivity contribution in [2.24, 2.45) is 0 Å². The van der Waals surface area contributed by atoms with Gasteiger partial charge >= 0.3 is 0 Å². The van der Waals surface area contributed by atoms with Gasteiger partial charge in [-0.25, -0.2) is 9.97 Å². The van der Waals surface area contributed by atoms with Crippen molar-refractivity contribution in [3.8, 4) is 0 Å². The number of carbonyl (C=O) groups excluding carboxylic acids is 2. The fraction of sp³-hybridized carbons (Fsp3) is 0.571. The fourth-order valence-electron chi connectivity index (χ4n) is 5.76. The Morgan fingerprint density at radius 1 is 0.882 bits per heavy atom. The Labute approximate surface area is 203 Å². The summed E-state index contributed by atoms with van der Waals surface area (Å²) in [5.74, 6) is 0.889. The molecule has 1 aromatic heterocycles. The molecule has 0 radical (unpaired) electrons. The summed E-state index contributed by atoms with van der Waals surface area (Å²) in [5, 5.41) is 0. The molecule has 1 aromatic carbocycles. The van der Waals surface area contributed by atoms with Crippen LogP contribution in [0.3, 0.4) is 0 Å². The number of carbonyl (C=O) groups is 2. The minimum absolute atomic E-state index is 0.111. The zero-order chi connectivity index (χ0) is 24.7. The number of hydrogen-bond donors (Lipinski definition) is 0. The first-order valence-corrected chi connectivity index (χ1v) is 12.5. The number of hydrogen-bond acceptors (Lipinski definition) is 4. The van der Waals surface area contributed by atoms with Crippen LogP contribution < -0.4 is 0 Å². The highest BCUT2D eigenvalue weighted by Crippen LogP contribution is 2.44. The molecule has 2 aromatic rings. The van der Waals surface area contributed by atoms with E-state index in [1.54, 1.807) is 25.1 Å². The minimum Gasteiger partial charge on any atom is -0.343 e. The molecule has 2 aliphatic rings. The van der Waals surface area contributed by atoms with E-state index in [0.717, 1.165) is 50.0 Å². The third-order valence-electron chi connectivity index (χ3n) is 7.81. The van der Waals surface area contributed by atoms with Crippen molar-refractivity contribution in [1.29, 1.82) is 0 Å². The number of benzene rings is 1. The molecule has 0 spiro atoms. The van der Waals surface area contributed by atoms with Gasteiger partial charge in [0.25, 0.3) is 5.91 Å². The van der Waals surface area contributed by atoms with Crippen molar-refractivity contribution in [1.82, 2.24) is 19.8 Å². The van der Waals surface area contributed by atoms with Crippen LogP contribution in [-0.4, -0.2) is 58.8 Å². The van der Waals surface area contributed by atoms with E-state index in [4.69, 9.17) is 4.98 Å². The fourth-order valence-corrected chi connectivity index (χ4v) is 5.76. The predicted octanol–water partition coefficient (Wildman–Crippen LogP) is 4.50. The van der Waals surface area contributed by atoms with E-state index in [9.17, 15) is 9.59 Å². The SMILES string of the molecule is Cc1cc(C)cc(C2(C(=O)N3CCC(C)(c4nc(C)cc(C(=O)N(C)C)n4)CC3)CCCC2)c1.